The van der Waals surface area contributed by atoms with Crippen LogP contribution >= 0.6 is 15.9 Å². The van der Waals surface area contributed by atoms with Gasteiger partial charge >= 0.3 is 0 Å². The third-order valence-electron chi connectivity index (χ3n) is 3.15. The largest absolute Gasteiger partial charge is 0.383 e. The van der Waals surface area contributed by atoms with E-state index in [-0.39, 0.29) is 0 Å². The van der Waals surface area contributed by atoms with E-state index in [1.807, 2.05) is 14.1 Å². The maximum Gasteiger partial charge on any atom is 0.145 e. The van der Waals surface area contributed by atoms with Crippen molar-refractivity contribution in [3.8, 4) is 0 Å². The first-order valence-corrected chi connectivity index (χ1v) is 6.83. The summed E-state index contributed by atoms with van der Waals surface area (Å²) in [5, 5.41) is 0. The Bertz CT molecular complexity index is 400. The minimum Gasteiger partial charge on any atom is -0.383 e. The van der Waals surface area contributed by atoms with Gasteiger partial charge in [0.2, 0.25) is 0 Å². The Morgan fingerprint density at radius 2 is 1.94 bits per heavy atom. The number of rotatable bonds is 3. The summed E-state index contributed by atoms with van der Waals surface area (Å²) in [6.45, 7) is 0.733. The van der Waals surface area contributed by atoms with Gasteiger partial charge in [-0.1, -0.05) is 12.8 Å². The van der Waals surface area contributed by atoms with Crippen LogP contribution in [0.1, 0.15) is 43.1 Å². The van der Waals surface area contributed by atoms with Crippen molar-refractivity contribution in [3.63, 3.8) is 0 Å². The molecule has 1 aliphatic carbocycles. The van der Waals surface area contributed by atoms with Gasteiger partial charge in [0.05, 0.1) is 16.7 Å². The molecule has 0 unspecified atom stereocenters. The molecule has 17 heavy (non-hydrogen) atoms. The van der Waals surface area contributed by atoms with Crippen molar-refractivity contribution in [1.82, 2.24) is 14.9 Å². The van der Waals surface area contributed by atoms with Crippen LogP contribution in [0.3, 0.4) is 0 Å². The van der Waals surface area contributed by atoms with Crippen molar-refractivity contribution in [3.05, 3.63) is 16.0 Å². The maximum absolute atomic E-state index is 5.95. The summed E-state index contributed by atoms with van der Waals surface area (Å²) >= 11 is 3.53. The average molecular weight is 299 g/mol. The van der Waals surface area contributed by atoms with Gasteiger partial charge < -0.3 is 10.6 Å². The molecule has 2 N–H and O–H groups in total. The molecule has 0 atom stereocenters. The highest BCUT2D eigenvalue weighted by Crippen LogP contribution is 2.38. The Kier molecular flexibility index (Phi) is 3.99. The molecule has 0 bridgehead atoms. The van der Waals surface area contributed by atoms with E-state index in [0.717, 1.165) is 22.5 Å². The zero-order valence-electron chi connectivity index (χ0n) is 10.4. The zero-order valence-corrected chi connectivity index (χ0v) is 12.0. The third kappa shape index (κ3) is 2.96. The summed E-state index contributed by atoms with van der Waals surface area (Å²) < 4.78 is 0.895. The number of anilines is 1. The number of halogens is 1. The first-order valence-electron chi connectivity index (χ1n) is 6.04. The fourth-order valence-corrected chi connectivity index (χ4v) is 2.86. The van der Waals surface area contributed by atoms with E-state index < -0.39 is 0 Å². The Labute approximate surface area is 111 Å². The van der Waals surface area contributed by atoms with Gasteiger partial charge in [0.15, 0.2) is 0 Å². The zero-order chi connectivity index (χ0) is 12.4. The highest BCUT2D eigenvalue weighted by Gasteiger charge is 2.23. The average Bonchev–Trinajstić information content (AvgIpc) is 2.75. The lowest BCUT2D eigenvalue weighted by Gasteiger charge is -2.15. The second-order valence-electron chi connectivity index (χ2n) is 4.94. The van der Waals surface area contributed by atoms with Gasteiger partial charge in [0.25, 0.3) is 0 Å². The molecule has 1 fully saturated rings. The van der Waals surface area contributed by atoms with Crippen molar-refractivity contribution >= 4 is 21.7 Å². The number of nitrogen functional groups attached to an aromatic ring is 1. The molecule has 5 heteroatoms. The lowest BCUT2D eigenvalue weighted by molar-refractivity contribution is 0.389. The SMILES string of the molecule is CN(C)Cc1nc(N)c(Br)c(C2CCCC2)n1. The van der Waals surface area contributed by atoms with E-state index in [2.05, 4.69) is 30.8 Å². The summed E-state index contributed by atoms with van der Waals surface area (Å²) in [5.74, 6) is 1.94. The number of hydrogen-bond donors (Lipinski definition) is 1. The number of nitrogens with two attached hydrogens (primary N) is 1. The maximum atomic E-state index is 5.95. The molecule has 0 amide bonds. The van der Waals surface area contributed by atoms with E-state index >= 15 is 0 Å². The summed E-state index contributed by atoms with van der Waals surface area (Å²) in [4.78, 5) is 11.1. The van der Waals surface area contributed by atoms with Crippen molar-refractivity contribution in [1.29, 1.82) is 0 Å². The van der Waals surface area contributed by atoms with Gasteiger partial charge in [-0.05, 0) is 42.9 Å². The van der Waals surface area contributed by atoms with E-state index in [9.17, 15) is 0 Å². The van der Waals surface area contributed by atoms with Crippen LogP contribution in [-0.2, 0) is 6.54 Å². The number of hydrogen-bond acceptors (Lipinski definition) is 4. The Hall–Kier alpha value is -0.680. The van der Waals surface area contributed by atoms with E-state index in [4.69, 9.17) is 5.73 Å². The predicted molar refractivity (Wildman–Crippen MR) is 72.7 cm³/mol. The minimum atomic E-state index is 0.551. The van der Waals surface area contributed by atoms with Gasteiger partial charge in [-0.2, -0.15) is 0 Å². The highest BCUT2D eigenvalue weighted by molar-refractivity contribution is 9.10. The second-order valence-corrected chi connectivity index (χ2v) is 5.74. The summed E-state index contributed by atoms with van der Waals surface area (Å²) in [7, 11) is 4.02. The smallest absolute Gasteiger partial charge is 0.145 e. The van der Waals surface area contributed by atoms with Gasteiger partial charge in [-0.15, -0.1) is 0 Å². The monoisotopic (exact) mass is 298 g/mol. The van der Waals surface area contributed by atoms with Gasteiger partial charge in [0, 0.05) is 5.92 Å². The minimum absolute atomic E-state index is 0.551. The van der Waals surface area contributed by atoms with E-state index in [1.54, 1.807) is 0 Å². The molecule has 4 nitrogen and oxygen atoms in total. The molecule has 2 rings (SSSR count). The number of nitrogens with zero attached hydrogens (tertiary/aromatic N) is 3. The molecular weight excluding hydrogens is 280 g/mol. The van der Waals surface area contributed by atoms with Crippen LogP contribution in [-0.4, -0.2) is 29.0 Å². The van der Waals surface area contributed by atoms with Crippen LogP contribution in [0.2, 0.25) is 0 Å². The lowest BCUT2D eigenvalue weighted by atomic mass is 10.0. The molecule has 1 saturated carbocycles. The van der Waals surface area contributed by atoms with Crippen molar-refractivity contribution < 1.29 is 0 Å². The summed E-state index contributed by atoms with van der Waals surface area (Å²) in [5.41, 5.74) is 7.05. The molecule has 0 saturated heterocycles. The number of aromatic nitrogens is 2. The van der Waals surface area contributed by atoms with Crippen LogP contribution in [0, 0.1) is 0 Å². The van der Waals surface area contributed by atoms with Crippen LogP contribution < -0.4 is 5.73 Å². The van der Waals surface area contributed by atoms with E-state index in [0.29, 0.717) is 11.7 Å². The standard InChI is InChI=1S/C12H19BrN4/c1-17(2)7-9-15-11(8-5-3-4-6-8)10(13)12(14)16-9/h8H,3-7H2,1-2H3,(H2,14,15,16). The van der Waals surface area contributed by atoms with Crippen LogP contribution in [0.5, 0.6) is 0 Å². The summed E-state index contributed by atoms with van der Waals surface area (Å²) in [6, 6.07) is 0. The fourth-order valence-electron chi connectivity index (χ4n) is 2.36. The van der Waals surface area contributed by atoms with Crippen molar-refractivity contribution in [2.24, 2.45) is 0 Å². The fraction of sp³-hybridized carbons (Fsp3) is 0.667. The third-order valence-corrected chi connectivity index (χ3v) is 3.96. The van der Waals surface area contributed by atoms with E-state index in [1.165, 1.54) is 25.7 Å². The Morgan fingerprint density at radius 1 is 1.29 bits per heavy atom. The van der Waals surface area contributed by atoms with Crippen LogP contribution in [0.4, 0.5) is 5.82 Å². The van der Waals surface area contributed by atoms with Crippen molar-refractivity contribution in [2.75, 3.05) is 19.8 Å². The molecule has 0 aliphatic heterocycles. The molecular formula is C12H19BrN4. The van der Waals surface area contributed by atoms with Gasteiger partial charge in [-0.3, -0.25) is 0 Å². The second kappa shape index (κ2) is 5.31. The first kappa shape index (κ1) is 12.8. The van der Waals surface area contributed by atoms with Crippen molar-refractivity contribution in [2.45, 2.75) is 38.1 Å². The van der Waals surface area contributed by atoms with Gasteiger partial charge in [-0.25, -0.2) is 9.97 Å². The molecule has 1 aromatic rings. The first-order chi connectivity index (χ1) is 8.08. The molecule has 1 heterocycles. The van der Waals surface area contributed by atoms with Crippen LogP contribution in [0.15, 0.2) is 4.47 Å². The normalized spacial score (nSPS) is 16.9. The van der Waals surface area contributed by atoms with Crippen LogP contribution in [0.25, 0.3) is 0 Å². The lowest BCUT2D eigenvalue weighted by Crippen LogP contribution is -2.16. The molecule has 1 aliphatic rings. The molecule has 1 aromatic heterocycles. The predicted octanol–water partition coefficient (Wildman–Crippen LogP) is 2.54. The highest BCUT2D eigenvalue weighted by atomic mass is 79.9. The molecule has 94 valence electrons. The van der Waals surface area contributed by atoms with Gasteiger partial charge in [0.1, 0.15) is 11.6 Å². The molecule has 0 spiro atoms. The topological polar surface area (TPSA) is 55.0 Å². The molecule has 0 aromatic carbocycles. The Balaban J connectivity index is 2.32. The molecule has 0 radical (unpaired) electrons. The quantitative estimate of drug-likeness (QED) is 0.932. The Morgan fingerprint density at radius 3 is 2.53 bits per heavy atom. The summed E-state index contributed by atoms with van der Waals surface area (Å²) in [6.07, 6.45) is 5.03.